The van der Waals surface area contributed by atoms with Gasteiger partial charge in [-0.2, -0.15) is 26.3 Å². The van der Waals surface area contributed by atoms with Crippen molar-refractivity contribution in [2.24, 2.45) is 0 Å². The number of hydrogen-bond donors (Lipinski definition) is 1. The molecule has 7 nitrogen and oxygen atoms in total. The highest BCUT2D eigenvalue weighted by molar-refractivity contribution is 7.15. The molecule has 4 rings (SSSR count). The summed E-state index contributed by atoms with van der Waals surface area (Å²) in [5.74, 6) is -1.32. The molecule has 196 valence electrons. The minimum atomic E-state index is -4.73. The summed E-state index contributed by atoms with van der Waals surface area (Å²) in [7, 11) is 0. The third kappa shape index (κ3) is 5.91. The van der Waals surface area contributed by atoms with E-state index in [1.807, 2.05) is 6.92 Å². The van der Waals surface area contributed by atoms with Crippen molar-refractivity contribution in [1.29, 1.82) is 0 Å². The molecule has 3 aromatic heterocycles. The van der Waals surface area contributed by atoms with Crippen LogP contribution in [0.3, 0.4) is 0 Å². The Morgan fingerprint density at radius 3 is 2.43 bits per heavy atom. The summed E-state index contributed by atoms with van der Waals surface area (Å²) >= 11 is 1.21. The second-order valence-electron chi connectivity index (χ2n) is 7.93. The molecule has 0 spiro atoms. The van der Waals surface area contributed by atoms with Crippen LogP contribution in [0.1, 0.15) is 46.8 Å². The average molecular weight is 544 g/mol. The van der Waals surface area contributed by atoms with Crippen molar-refractivity contribution in [1.82, 2.24) is 20.1 Å². The number of nitrogens with zero attached hydrogens (tertiary/aromatic N) is 3. The van der Waals surface area contributed by atoms with Crippen molar-refractivity contribution in [3.05, 3.63) is 74.5 Å². The molecule has 1 aromatic carbocycles. The summed E-state index contributed by atoms with van der Waals surface area (Å²) in [6, 6.07) is 5.65. The van der Waals surface area contributed by atoms with E-state index < -0.39 is 35.5 Å². The molecule has 4 aromatic rings. The number of pyridine rings is 1. The normalized spacial score (nSPS) is 13.2. The Bertz CT molecular complexity index is 1440. The van der Waals surface area contributed by atoms with Crippen LogP contribution in [0.5, 0.6) is 0 Å². The number of nitrogens with one attached hydrogen (secondary N) is 1. The van der Waals surface area contributed by atoms with Gasteiger partial charge in [0.05, 0.1) is 28.8 Å². The second kappa shape index (κ2) is 10.1. The predicted octanol–water partition coefficient (Wildman–Crippen LogP) is 6.56. The van der Waals surface area contributed by atoms with Crippen molar-refractivity contribution in [2.45, 2.75) is 45.3 Å². The maximum absolute atomic E-state index is 13.7. The second-order valence-corrected chi connectivity index (χ2v) is 8.96. The first-order valence-electron chi connectivity index (χ1n) is 10.8. The standard InChI is InChI=1S/C23H18F6N4O3S/c1-3-16(18-11(2)31-20(37-18)13-5-7-17(30-9-13)23(27,28)29)35-10-12-4-6-14(15(8-12)22(24,25)26)19-32-21(34)36-33-19/h4-9,16H,3,10H2,1-2H3,(H,32,33,34). The molecule has 0 aliphatic rings. The van der Waals surface area contributed by atoms with E-state index in [4.69, 9.17) is 4.74 Å². The molecule has 0 aliphatic heterocycles. The third-order valence-electron chi connectivity index (χ3n) is 5.33. The lowest BCUT2D eigenvalue weighted by molar-refractivity contribution is -0.141. The van der Waals surface area contributed by atoms with Gasteiger partial charge in [0.25, 0.3) is 0 Å². The summed E-state index contributed by atoms with van der Waals surface area (Å²) in [5, 5.41) is 3.78. The van der Waals surface area contributed by atoms with Gasteiger partial charge in [0, 0.05) is 17.3 Å². The van der Waals surface area contributed by atoms with Gasteiger partial charge in [0.15, 0.2) is 5.82 Å². The molecule has 3 heterocycles. The van der Waals surface area contributed by atoms with Crippen LogP contribution in [-0.4, -0.2) is 20.1 Å². The van der Waals surface area contributed by atoms with Crippen LogP contribution >= 0.6 is 11.3 Å². The fourth-order valence-electron chi connectivity index (χ4n) is 3.56. The number of alkyl halides is 6. The minimum Gasteiger partial charge on any atom is -0.368 e. The highest BCUT2D eigenvalue weighted by Gasteiger charge is 2.35. The molecule has 0 aliphatic carbocycles. The Balaban J connectivity index is 1.55. The van der Waals surface area contributed by atoms with Gasteiger partial charge in [-0.1, -0.05) is 24.2 Å². The smallest absolute Gasteiger partial charge is 0.368 e. The number of aromatic nitrogens is 4. The number of thiazole rings is 1. The van der Waals surface area contributed by atoms with Crippen LogP contribution in [-0.2, 0) is 23.7 Å². The molecule has 0 bridgehead atoms. The summed E-state index contributed by atoms with van der Waals surface area (Å²) in [6.07, 6.45) is -8.24. The van der Waals surface area contributed by atoms with Gasteiger partial charge in [0.2, 0.25) is 0 Å². The summed E-state index contributed by atoms with van der Waals surface area (Å²) in [6.45, 7) is 3.38. The fraction of sp³-hybridized carbons (Fsp3) is 0.304. The van der Waals surface area contributed by atoms with Gasteiger partial charge in [-0.25, -0.2) is 9.78 Å². The molecule has 0 saturated heterocycles. The zero-order valence-corrected chi connectivity index (χ0v) is 20.0. The first-order chi connectivity index (χ1) is 17.4. The number of benzene rings is 1. The van der Waals surface area contributed by atoms with Crippen molar-refractivity contribution in [3.63, 3.8) is 0 Å². The number of ether oxygens (including phenoxy) is 1. The van der Waals surface area contributed by atoms with Gasteiger partial charge in [0.1, 0.15) is 10.7 Å². The van der Waals surface area contributed by atoms with Crippen LogP contribution in [0.15, 0.2) is 45.8 Å². The van der Waals surface area contributed by atoms with Gasteiger partial charge >= 0.3 is 18.1 Å². The fourth-order valence-corrected chi connectivity index (χ4v) is 4.75. The molecular formula is C23H18F6N4O3S. The van der Waals surface area contributed by atoms with Gasteiger partial charge in [-0.05, 0) is 37.1 Å². The highest BCUT2D eigenvalue weighted by atomic mass is 32.1. The first kappa shape index (κ1) is 26.5. The Morgan fingerprint density at radius 2 is 1.86 bits per heavy atom. The van der Waals surface area contributed by atoms with E-state index in [0.717, 1.165) is 18.3 Å². The van der Waals surface area contributed by atoms with E-state index in [2.05, 4.69) is 24.6 Å². The van der Waals surface area contributed by atoms with Crippen molar-refractivity contribution in [3.8, 4) is 22.0 Å². The van der Waals surface area contributed by atoms with Crippen LogP contribution in [0.2, 0.25) is 0 Å². The highest BCUT2D eigenvalue weighted by Crippen LogP contribution is 2.38. The van der Waals surface area contributed by atoms with Gasteiger partial charge in [-0.3, -0.25) is 14.5 Å². The number of hydrogen-bond acceptors (Lipinski definition) is 7. The van der Waals surface area contributed by atoms with Crippen LogP contribution < -0.4 is 5.76 Å². The van der Waals surface area contributed by atoms with Crippen molar-refractivity contribution < 1.29 is 35.6 Å². The maximum Gasteiger partial charge on any atom is 0.439 e. The SMILES string of the molecule is CCC(OCc1ccc(-c2noc(=O)[nH]2)c(C(F)(F)F)c1)c1sc(-c2ccc(C(F)(F)F)nc2)nc1C. The lowest BCUT2D eigenvalue weighted by atomic mass is 10.0. The molecule has 1 unspecified atom stereocenters. The quantitative estimate of drug-likeness (QED) is 0.265. The van der Waals surface area contributed by atoms with Crippen LogP contribution in [0.25, 0.3) is 22.0 Å². The van der Waals surface area contributed by atoms with E-state index in [0.29, 0.717) is 27.6 Å². The predicted molar refractivity (Wildman–Crippen MR) is 120 cm³/mol. The van der Waals surface area contributed by atoms with Crippen LogP contribution in [0.4, 0.5) is 26.3 Å². The first-order valence-corrected chi connectivity index (χ1v) is 11.6. The van der Waals surface area contributed by atoms with Crippen molar-refractivity contribution in [2.75, 3.05) is 0 Å². The summed E-state index contributed by atoms with van der Waals surface area (Å²) in [4.78, 5) is 21.8. The number of aromatic amines is 1. The molecule has 1 atom stereocenters. The zero-order valence-electron chi connectivity index (χ0n) is 19.2. The summed E-state index contributed by atoms with van der Waals surface area (Å²) in [5.41, 5.74) is -1.15. The Morgan fingerprint density at radius 1 is 1.11 bits per heavy atom. The molecule has 0 fully saturated rings. The van der Waals surface area contributed by atoms with E-state index in [1.165, 1.54) is 29.5 Å². The third-order valence-corrected chi connectivity index (χ3v) is 6.63. The maximum atomic E-state index is 13.7. The van der Waals surface area contributed by atoms with E-state index in [-0.39, 0.29) is 23.6 Å². The number of rotatable bonds is 7. The molecule has 37 heavy (non-hydrogen) atoms. The Hall–Kier alpha value is -3.52. The van der Waals surface area contributed by atoms with E-state index in [9.17, 15) is 31.1 Å². The number of aryl methyl sites for hydroxylation is 1. The van der Waals surface area contributed by atoms with E-state index >= 15 is 0 Å². The lowest BCUT2D eigenvalue weighted by Crippen LogP contribution is -2.10. The topological polar surface area (TPSA) is 93.9 Å². The zero-order chi connectivity index (χ0) is 27.0. The molecule has 1 N–H and O–H groups in total. The van der Waals surface area contributed by atoms with E-state index in [1.54, 1.807) is 6.92 Å². The van der Waals surface area contributed by atoms with Crippen molar-refractivity contribution >= 4 is 11.3 Å². The van der Waals surface area contributed by atoms with Crippen LogP contribution in [0, 0.1) is 6.92 Å². The monoisotopic (exact) mass is 544 g/mol. The Kier molecular flexibility index (Phi) is 7.24. The Labute approximate surface area is 209 Å². The minimum absolute atomic E-state index is 0.161. The number of halogens is 6. The molecule has 0 saturated carbocycles. The molecule has 14 heteroatoms. The molecule has 0 amide bonds. The van der Waals surface area contributed by atoms with Gasteiger partial charge in [-0.15, -0.1) is 11.3 Å². The molecular weight excluding hydrogens is 526 g/mol. The number of H-pyrrole nitrogens is 1. The molecule has 0 radical (unpaired) electrons. The largest absolute Gasteiger partial charge is 0.439 e. The van der Waals surface area contributed by atoms with Gasteiger partial charge < -0.3 is 4.74 Å². The average Bonchev–Trinajstić information content (AvgIpc) is 3.44. The summed E-state index contributed by atoms with van der Waals surface area (Å²) < 4.78 is 89.7. The lowest BCUT2D eigenvalue weighted by Gasteiger charge is -2.17.